The molecule has 0 spiro atoms. The Bertz CT molecular complexity index is 681. The summed E-state index contributed by atoms with van der Waals surface area (Å²) in [5, 5.41) is 11.0. The highest BCUT2D eigenvalue weighted by Crippen LogP contribution is 2.26. The Morgan fingerprint density at radius 2 is 1.96 bits per heavy atom. The number of piperazine rings is 1. The Morgan fingerprint density at radius 1 is 1.29 bits per heavy atom. The van der Waals surface area contributed by atoms with Gasteiger partial charge in [0.2, 0.25) is 5.91 Å². The first-order valence-corrected chi connectivity index (χ1v) is 7.62. The molecule has 24 heavy (non-hydrogen) atoms. The molecule has 0 aromatic heterocycles. The van der Waals surface area contributed by atoms with Crippen molar-refractivity contribution >= 4 is 23.4 Å². The fourth-order valence-corrected chi connectivity index (χ4v) is 2.39. The first-order chi connectivity index (χ1) is 11.1. The molecule has 130 valence electrons. The number of aryl methyl sites for hydroxylation is 1. The summed E-state index contributed by atoms with van der Waals surface area (Å²) < 4.78 is 5.26. The number of rotatable bonds is 2. The molecular formula is C16H21N3O5. The molecule has 1 saturated heterocycles. The zero-order valence-corrected chi connectivity index (χ0v) is 14.2. The van der Waals surface area contributed by atoms with Gasteiger partial charge in [0, 0.05) is 24.7 Å². The van der Waals surface area contributed by atoms with Crippen LogP contribution in [0.2, 0.25) is 0 Å². The average molecular weight is 335 g/mol. The first-order valence-electron chi connectivity index (χ1n) is 7.62. The fourth-order valence-electron chi connectivity index (χ4n) is 2.39. The van der Waals surface area contributed by atoms with Gasteiger partial charge in [0.05, 0.1) is 10.6 Å². The van der Waals surface area contributed by atoms with E-state index in [1.165, 1.54) is 15.9 Å². The number of hydrogen-bond donors (Lipinski definition) is 0. The van der Waals surface area contributed by atoms with E-state index < -0.39 is 16.6 Å². The van der Waals surface area contributed by atoms with E-state index >= 15 is 0 Å². The molecular weight excluding hydrogens is 314 g/mol. The maximum absolute atomic E-state index is 12.3. The van der Waals surface area contributed by atoms with Gasteiger partial charge in [0.25, 0.3) is 5.69 Å². The summed E-state index contributed by atoms with van der Waals surface area (Å²) in [6, 6.07) is 4.67. The zero-order valence-electron chi connectivity index (χ0n) is 14.2. The minimum Gasteiger partial charge on any atom is -0.444 e. The third-order valence-electron chi connectivity index (χ3n) is 3.57. The molecule has 0 radical (unpaired) electrons. The highest BCUT2D eigenvalue weighted by Gasteiger charge is 2.31. The monoisotopic (exact) mass is 335 g/mol. The predicted molar refractivity (Wildman–Crippen MR) is 88.0 cm³/mol. The maximum Gasteiger partial charge on any atom is 0.410 e. The lowest BCUT2D eigenvalue weighted by Gasteiger charge is -2.35. The van der Waals surface area contributed by atoms with Crippen LogP contribution in [0.1, 0.15) is 26.3 Å². The summed E-state index contributed by atoms with van der Waals surface area (Å²) in [7, 11) is 0. The van der Waals surface area contributed by atoms with E-state index in [4.69, 9.17) is 4.74 Å². The van der Waals surface area contributed by atoms with Crippen LogP contribution in [0.25, 0.3) is 0 Å². The number of carbonyl (C=O) groups is 2. The average Bonchev–Trinajstić information content (AvgIpc) is 2.46. The predicted octanol–water partition coefficient (Wildman–Crippen LogP) is 2.49. The van der Waals surface area contributed by atoms with Crippen LogP contribution in [0, 0.1) is 17.0 Å². The molecule has 2 amide bonds. The molecule has 8 nitrogen and oxygen atoms in total. The number of anilines is 1. The smallest absolute Gasteiger partial charge is 0.410 e. The Morgan fingerprint density at radius 3 is 2.50 bits per heavy atom. The highest BCUT2D eigenvalue weighted by molar-refractivity contribution is 5.97. The van der Waals surface area contributed by atoms with Crippen molar-refractivity contribution in [3.63, 3.8) is 0 Å². The van der Waals surface area contributed by atoms with Crippen LogP contribution in [-0.2, 0) is 9.53 Å². The van der Waals surface area contributed by atoms with Crippen LogP contribution in [0.3, 0.4) is 0 Å². The molecule has 8 heteroatoms. The Labute approximate surface area is 140 Å². The van der Waals surface area contributed by atoms with E-state index in [-0.39, 0.29) is 24.7 Å². The normalized spacial score (nSPS) is 15.4. The van der Waals surface area contributed by atoms with E-state index in [1.54, 1.807) is 39.8 Å². The number of amides is 2. The summed E-state index contributed by atoms with van der Waals surface area (Å²) >= 11 is 0. The minimum atomic E-state index is -0.630. The van der Waals surface area contributed by atoms with Crippen molar-refractivity contribution in [1.29, 1.82) is 0 Å². The van der Waals surface area contributed by atoms with Crippen LogP contribution in [-0.4, -0.2) is 47.1 Å². The van der Waals surface area contributed by atoms with Crippen LogP contribution >= 0.6 is 0 Å². The number of nitrogens with zero attached hydrogens (tertiary/aromatic N) is 3. The van der Waals surface area contributed by atoms with E-state index in [2.05, 4.69) is 0 Å². The Balaban J connectivity index is 2.12. The van der Waals surface area contributed by atoms with E-state index in [9.17, 15) is 19.7 Å². The van der Waals surface area contributed by atoms with Crippen molar-refractivity contribution in [3.8, 4) is 0 Å². The van der Waals surface area contributed by atoms with E-state index in [0.29, 0.717) is 17.8 Å². The number of benzene rings is 1. The van der Waals surface area contributed by atoms with Crippen LogP contribution in [0.15, 0.2) is 18.2 Å². The molecule has 1 aliphatic heterocycles. The highest BCUT2D eigenvalue weighted by atomic mass is 16.6. The third kappa shape index (κ3) is 4.01. The number of carbonyl (C=O) groups excluding carboxylic acids is 2. The molecule has 0 saturated carbocycles. The van der Waals surface area contributed by atoms with Gasteiger partial charge in [-0.3, -0.25) is 19.8 Å². The van der Waals surface area contributed by atoms with E-state index in [1.807, 2.05) is 0 Å². The lowest BCUT2D eigenvalue weighted by molar-refractivity contribution is -0.385. The molecule has 0 bridgehead atoms. The second-order valence-electron chi connectivity index (χ2n) is 6.68. The zero-order chi connectivity index (χ0) is 18.1. The minimum absolute atomic E-state index is 0.0325. The van der Waals surface area contributed by atoms with Crippen molar-refractivity contribution in [3.05, 3.63) is 33.9 Å². The summed E-state index contributed by atoms with van der Waals surface area (Å²) in [6.45, 7) is 7.37. The maximum atomic E-state index is 12.3. The molecule has 0 N–H and O–H groups in total. The number of ether oxygens (including phenoxy) is 1. The van der Waals surface area contributed by atoms with E-state index in [0.717, 1.165) is 0 Å². The molecule has 0 unspecified atom stereocenters. The lowest BCUT2D eigenvalue weighted by Crippen LogP contribution is -2.53. The standard InChI is InChI=1S/C16H21N3O5/c1-11-5-6-12(9-13(11)19(22)23)18-8-7-17(10-14(18)20)15(21)24-16(2,3)4/h5-6,9H,7-8,10H2,1-4H3. The Kier molecular flexibility index (Phi) is 4.77. The lowest BCUT2D eigenvalue weighted by atomic mass is 10.1. The Hall–Kier alpha value is -2.64. The van der Waals surface area contributed by atoms with Gasteiger partial charge in [0.1, 0.15) is 12.1 Å². The van der Waals surface area contributed by atoms with Crippen molar-refractivity contribution < 1.29 is 19.2 Å². The van der Waals surface area contributed by atoms with Gasteiger partial charge >= 0.3 is 6.09 Å². The van der Waals surface area contributed by atoms with Crippen molar-refractivity contribution in [2.75, 3.05) is 24.5 Å². The molecule has 1 aliphatic rings. The van der Waals surface area contributed by atoms with Crippen molar-refractivity contribution in [2.45, 2.75) is 33.3 Å². The number of hydrogen-bond acceptors (Lipinski definition) is 5. The molecule has 1 aromatic rings. The first kappa shape index (κ1) is 17.7. The van der Waals surface area contributed by atoms with Crippen molar-refractivity contribution in [1.82, 2.24) is 4.90 Å². The quantitative estimate of drug-likeness (QED) is 0.611. The second-order valence-corrected chi connectivity index (χ2v) is 6.68. The number of nitro groups is 1. The van der Waals surface area contributed by atoms with Gasteiger partial charge in [-0.15, -0.1) is 0 Å². The van der Waals surface area contributed by atoms with Gasteiger partial charge in [-0.2, -0.15) is 0 Å². The topological polar surface area (TPSA) is 93.0 Å². The van der Waals surface area contributed by atoms with Gasteiger partial charge in [0.15, 0.2) is 0 Å². The van der Waals surface area contributed by atoms with Crippen LogP contribution in [0.5, 0.6) is 0 Å². The van der Waals surface area contributed by atoms with Gasteiger partial charge in [-0.25, -0.2) is 4.79 Å². The summed E-state index contributed by atoms with van der Waals surface area (Å²) in [5.74, 6) is -0.301. The van der Waals surface area contributed by atoms with Crippen LogP contribution in [0.4, 0.5) is 16.2 Å². The van der Waals surface area contributed by atoms with Gasteiger partial charge in [-0.1, -0.05) is 6.07 Å². The molecule has 0 atom stereocenters. The summed E-state index contributed by atoms with van der Waals surface area (Å²) in [4.78, 5) is 37.7. The summed E-state index contributed by atoms with van der Waals surface area (Å²) in [6.07, 6.45) is -0.537. The number of nitro benzene ring substituents is 1. The molecule has 1 heterocycles. The van der Waals surface area contributed by atoms with Gasteiger partial charge < -0.3 is 9.64 Å². The second kappa shape index (κ2) is 6.46. The largest absolute Gasteiger partial charge is 0.444 e. The molecule has 1 aromatic carbocycles. The molecule has 1 fully saturated rings. The molecule has 2 rings (SSSR count). The summed E-state index contributed by atoms with van der Waals surface area (Å²) in [5.41, 5.74) is 0.328. The molecule has 0 aliphatic carbocycles. The fraction of sp³-hybridized carbons (Fsp3) is 0.500. The third-order valence-corrected chi connectivity index (χ3v) is 3.57. The van der Waals surface area contributed by atoms with Crippen molar-refractivity contribution in [2.24, 2.45) is 0 Å². The van der Waals surface area contributed by atoms with Gasteiger partial charge in [-0.05, 0) is 33.8 Å². The van der Waals surface area contributed by atoms with Crippen LogP contribution < -0.4 is 4.90 Å². The SMILES string of the molecule is Cc1ccc(N2CCN(C(=O)OC(C)(C)C)CC2=O)cc1[N+](=O)[O-].